The lowest BCUT2D eigenvalue weighted by atomic mass is 10.3. The molecule has 2 rings (SSSR count). The molecule has 7 heteroatoms. The highest BCUT2D eigenvalue weighted by molar-refractivity contribution is 8.00. The van der Waals surface area contributed by atoms with Crippen LogP contribution in [0.5, 0.6) is 5.75 Å². The zero-order valence-corrected chi connectivity index (χ0v) is 15.0. The number of rotatable bonds is 8. The second kappa shape index (κ2) is 9.68. The average Bonchev–Trinajstić information content (AvgIpc) is 2.63. The number of nitrogens with zero attached hydrogens (tertiary/aromatic N) is 1. The highest BCUT2D eigenvalue weighted by Crippen LogP contribution is 2.25. The van der Waals surface area contributed by atoms with Crippen molar-refractivity contribution in [3.63, 3.8) is 0 Å². The first kappa shape index (κ1) is 18.8. The van der Waals surface area contributed by atoms with Gasteiger partial charge in [0.1, 0.15) is 11.6 Å². The van der Waals surface area contributed by atoms with Gasteiger partial charge in [0.25, 0.3) is 0 Å². The largest absolute Gasteiger partial charge is 0.497 e. The molecule has 0 saturated carbocycles. The number of hydrogen-bond acceptors (Lipinski definition) is 5. The van der Waals surface area contributed by atoms with E-state index in [0.29, 0.717) is 5.82 Å². The number of aromatic nitrogens is 1. The molecule has 1 aromatic heterocycles. The summed E-state index contributed by atoms with van der Waals surface area (Å²) in [5.74, 6) is 0.989. The number of benzene rings is 1. The number of thioether (sulfide) groups is 1. The third-order valence-corrected chi connectivity index (χ3v) is 4.44. The van der Waals surface area contributed by atoms with Crippen LogP contribution in [-0.4, -0.2) is 35.7 Å². The molecule has 0 bridgehead atoms. The van der Waals surface area contributed by atoms with Gasteiger partial charge in [0.15, 0.2) is 0 Å². The van der Waals surface area contributed by atoms with E-state index in [1.54, 1.807) is 31.5 Å². The molecule has 0 fully saturated rings. The maximum Gasteiger partial charge on any atom is 0.233 e. The van der Waals surface area contributed by atoms with Crippen LogP contribution in [0.25, 0.3) is 0 Å². The van der Waals surface area contributed by atoms with Gasteiger partial charge in [-0.25, -0.2) is 4.98 Å². The SMILES string of the molecule is COc1ccc(S[C@@H](C)C(=O)NCCC(=O)Nc2ccccn2)cc1. The summed E-state index contributed by atoms with van der Waals surface area (Å²) in [6.45, 7) is 2.11. The first-order chi connectivity index (χ1) is 12.1. The predicted octanol–water partition coefficient (Wildman–Crippen LogP) is 2.72. The Bertz CT molecular complexity index is 692. The van der Waals surface area contributed by atoms with Crippen LogP contribution in [0, 0.1) is 0 Å². The first-order valence-corrected chi connectivity index (χ1v) is 8.76. The molecule has 2 amide bonds. The number of anilines is 1. The molecule has 1 heterocycles. The van der Waals surface area contributed by atoms with Gasteiger partial charge in [0.05, 0.1) is 12.4 Å². The summed E-state index contributed by atoms with van der Waals surface area (Å²) in [4.78, 5) is 28.9. The lowest BCUT2D eigenvalue weighted by Gasteiger charge is -2.12. The fourth-order valence-corrected chi connectivity index (χ4v) is 2.89. The molecule has 2 aromatic rings. The number of ether oxygens (including phenoxy) is 1. The molecule has 0 aliphatic carbocycles. The summed E-state index contributed by atoms with van der Waals surface area (Å²) in [7, 11) is 1.61. The lowest BCUT2D eigenvalue weighted by Crippen LogP contribution is -2.33. The Morgan fingerprint density at radius 1 is 1.20 bits per heavy atom. The van der Waals surface area contributed by atoms with Crippen LogP contribution in [0.3, 0.4) is 0 Å². The van der Waals surface area contributed by atoms with Crippen LogP contribution >= 0.6 is 11.8 Å². The Morgan fingerprint density at radius 3 is 2.60 bits per heavy atom. The Balaban J connectivity index is 1.70. The second-order valence-electron chi connectivity index (χ2n) is 5.24. The summed E-state index contributed by atoms with van der Waals surface area (Å²) in [5, 5.41) is 5.20. The predicted molar refractivity (Wildman–Crippen MR) is 98.8 cm³/mol. The van der Waals surface area contributed by atoms with Crippen LogP contribution < -0.4 is 15.4 Å². The fourth-order valence-electron chi connectivity index (χ4n) is 2.00. The smallest absolute Gasteiger partial charge is 0.233 e. The van der Waals surface area contributed by atoms with Gasteiger partial charge < -0.3 is 15.4 Å². The van der Waals surface area contributed by atoms with Crippen molar-refractivity contribution in [2.75, 3.05) is 19.0 Å². The van der Waals surface area contributed by atoms with Crippen LogP contribution in [0.2, 0.25) is 0 Å². The van der Waals surface area contributed by atoms with Crippen LogP contribution in [0.4, 0.5) is 5.82 Å². The molecule has 1 atom stereocenters. The Kier molecular flexibility index (Phi) is 7.28. The highest BCUT2D eigenvalue weighted by atomic mass is 32.2. The molecule has 25 heavy (non-hydrogen) atoms. The number of pyridine rings is 1. The van der Waals surface area contributed by atoms with Gasteiger partial charge in [-0.1, -0.05) is 6.07 Å². The number of carbonyl (C=O) groups is 2. The highest BCUT2D eigenvalue weighted by Gasteiger charge is 2.14. The monoisotopic (exact) mass is 359 g/mol. The number of hydrogen-bond donors (Lipinski definition) is 2. The van der Waals surface area contributed by atoms with Crippen LogP contribution in [0.1, 0.15) is 13.3 Å². The molecule has 1 aromatic carbocycles. The van der Waals surface area contributed by atoms with Gasteiger partial charge in [0.2, 0.25) is 11.8 Å². The van der Waals surface area contributed by atoms with Crippen molar-refractivity contribution in [1.82, 2.24) is 10.3 Å². The van der Waals surface area contributed by atoms with E-state index in [2.05, 4.69) is 15.6 Å². The van der Waals surface area contributed by atoms with Gasteiger partial charge >= 0.3 is 0 Å². The third kappa shape index (κ3) is 6.46. The van der Waals surface area contributed by atoms with Gasteiger partial charge in [-0.15, -0.1) is 11.8 Å². The van der Waals surface area contributed by atoms with Gasteiger partial charge in [-0.2, -0.15) is 0 Å². The van der Waals surface area contributed by atoms with Gasteiger partial charge in [-0.05, 0) is 43.3 Å². The number of methoxy groups -OCH3 is 1. The van der Waals surface area contributed by atoms with Crippen molar-refractivity contribution in [2.24, 2.45) is 0 Å². The van der Waals surface area contributed by atoms with E-state index in [-0.39, 0.29) is 30.0 Å². The average molecular weight is 359 g/mol. The zero-order chi connectivity index (χ0) is 18.1. The second-order valence-corrected chi connectivity index (χ2v) is 6.65. The van der Waals surface area contributed by atoms with Crippen molar-refractivity contribution in [3.8, 4) is 5.75 Å². The first-order valence-electron chi connectivity index (χ1n) is 7.88. The van der Waals surface area contributed by atoms with Crippen LogP contribution in [-0.2, 0) is 9.59 Å². The minimum Gasteiger partial charge on any atom is -0.497 e. The fraction of sp³-hybridized carbons (Fsp3) is 0.278. The molecule has 0 aliphatic rings. The van der Waals surface area contributed by atoms with E-state index >= 15 is 0 Å². The minimum atomic E-state index is -0.257. The summed E-state index contributed by atoms with van der Waals surface area (Å²) < 4.78 is 5.11. The molecular weight excluding hydrogens is 338 g/mol. The summed E-state index contributed by atoms with van der Waals surface area (Å²) in [6, 6.07) is 12.8. The van der Waals surface area contributed by atoms with Gasteiger partial charge in [-0.3, -0.25) is 9.59 Å². The quantitative estimate of drug-likeness (QED) is 0.709. The Morgan fingerprint density at radius 2 is 1.96 bits per heavy atom. The van der Waals surface area contributed by atoms with E-state index in [1.807, 2.05) is 31.2 Å². The lowest BCUT2D eigenvalue weighted by molar-refractivity contribution is -0.120. The number of amides is 2. The zero-order valence-electron chi connectivity index (χ0n) is 14.2. The molecule has 132 valence electrons. The molecule has 0 saturated heterocycles. The molecule has 0 spiro atoms. The molecular formula is C18H21N3O3S. The topological polar surface area (TPSA) is 80.3 Å². The van der Waals surface area contributed by atoms with E-state index in [9.17, 15) is 9.59 Å². The molecule has 6 nitrogen and oxygen atoms in total. The van der Waals surface area contributed by atoms with E-state index in [0.717, 1.165) is 10.6 Å². The number of nitrogens with one attached hydrogen (secondary N) is 2. The standard InChI is InChI=1S/C18H21N3O3S/c1-13(25-15-8-6-14(24-2)7-9-15)18(23)20-12-10-17(22)21-16-5-3-4-11-19-16/h3-9,11,13H,10,12H2,1-2H3,(H,20,23)(H,19,21,22)/t13-/m0/s1. The number of carbonyl (C=O) groups excluding carboxylic acids is 2. The van der Waals surface area contributed by atoms with Crippen molar-refractivity contribution in [1.29, 1.82) is 0 Å². The summed E-state index contributed by atoms with van der Waals surface area (Å²) in [6.07, 6.45) is 1.80. The normalized spacial score (nSPS) is 11.4. The molecule has 2 N–H and O–H groups in total. The van der Waals surface area contributed by atoms with Crippen molar-refractivity contribution < 1.29 is 14.3 Å². The minimum absolute atomic E-state index is 0.105. The summed E-state index contributed by atoms with van der Waals surface area (Å²) >= 11 is 1.45. The van der Waals surface area contributed by atoms with Crippen molar-refractivity contribution in [3.05, 3.63) is 48.7 Å². The maximum atomic E-state index is 12.1. The third-order valence-electron chi connectivity index (χ3n) is 3.33. The van der Waals surface area contributed by atoms with E-state index in [1.165, 1.54) is 11.8 Å². The van der Waals surface area contributed by atoms with Crippen molar-refractivity contribution >= 4 is 29.4 Å². The van der Waals surface area contributed by atoms with Crippen LogP contribution in [0.15, 0.2) is 53.6 Å². The molecule has 0 aliphatic heterocycles. The Labute approximate surface area is 151 Å². The molecule has 0 unspecified atom stereocenters. The maximum absolute atomic E-state index is 12.1. The van der Waals surface area contributed by atoms with Crippen molar-refractivity contribution in [2.45, 2.75) is 23.5 Å². The van der Waals surface area contributed by atoms with E-state index < -0.39 is 0 Å². The van der Waals surface area contributed by atoms with E-state index in [4.69, 9.17) is 4.74 Å². The summed E-state index contributed by atoms with van der Waals surface area (Å²) in [5.41, 5.74) is 0. The Hall–Kier alpha value is -2.54. The molecule has 0 radical (unpaired) electrons. The van der Waals surface area contributed by atoms with Gasteiger partial charge in [0, 0.05) is 24.1 Å².